The van der Waals surface area contributed by atoms with E-state index >= 15 is 0 Å². The molecule has 1 unspecified atom stereocenters. The van der Waals surface area contributed by atoms with Gasteiger partial charge in [-0.05, 0) is 37.0 Å². The minimum absolute atomic E-state index is 0.0185. The maximum atomic E-state index is 13.3. The number of carbonyl (C=O) groups is 2. The van der Waals surface area contributed by atoms with E-state index < -0.39 is 0 Å². The number of hydrogen-bond donors (Lipinski definition) is 1. The summed E-state index contributed by atoms with van der Waals surface area (Å²) in [4.78, 5) is 34.2. The van der Waals surface area contributed by atoms with E-state index in [9.17, 15) is 14.0 Å². The van der Waals surface area contributed by atoms with Crippen LogP contribution in [0.25, 0.3) is 0 Å². The molecule has 1 atom stereocenters. The number of benzene rings is 1. The Labute approximate surface area is 173 Å². The number of hydrogen-bond acceptors (Lipinski definition) is 5. The molecule has 1 aromatic carbocycles. The first-order valence-electron chi connectivity index (χ1n) is 10.0. The molecule has 6 nitrogen and oxygen atoms in total. The van der Waals surface area contributed by atoms with Crippen molar-refractivity contribution in [2.75, 3.05) is 31.1 Å². The summed E-state index contributed by atoms with van der Waals surface area (Å²) in [6.45, 7) is 4.99. The zero-order valence-corrected chi connectivity index (χ0v) is 17.3. The summed E-state index contributed by atoms with van der Waals surface area (Å²) < 4.78 is 13.3. The Kier molecular flexibility index (Phi) is 5.80. The predicted octanol–water partition coefficient (Wildman–Crippen LogP) is 2.37. The summed E-state index contributed by atoms with van der Waals surface area (Å²) >= 11 is 1.67. The number of rotatable bonds is 4. The zero-order valence-electron chi connectivity index (χ0n) is 16.5. The maximum absolute atomic E-state index is 13.3. The van der Waals surface area contributed by atoms with Gasteiger partial charge in [-0.15, -0.1) is 11.3 Å². The molecule has 0 bridgehead atoms. The molecule has 2 aromatic rings. The number of aromatic nitrogens is 1. The van der Waals surface area contributed by atoms with E-state index in [4.69, 9.17) is 4.98 Å². The summed E-state index contributed by atoms with van der Waals surface area (Å²) in [6, 6.07) is 6.30. The summed E-state index contributed by atoms with van der Waals surface area (Å²) in [6.07, 6.45) is 2.29. The lowest BCUT2D eigenvalue weighted by Gasteiger charge is -2.33. The molecule has 1 fully saturated rings. The first kappa shape index (κ1) is 19.8. The second-order valence-electron chi connectivity index (χ2n) is 7.65. The Hall–Kier alpha value is -2.48. The molecule has 1 aliphatic heterocycles. The normalized spacial score (nSPS) is 19.0. The van der Waals surface area contributed by atoms with Gasteiger partial charge in [0, 0.05) is 50.4 Å². The Balaban J connectivity index is 1.34. The second kappa shape index (κ2) is 8.49. The number of thiazole rings is 1. The minimum Gasteiger partial charge on any atom is -0.352 e. The van der Waals surface area contributed by atoms with Gasteiger partial charge in [-0.3, -0.25) is 9.59 Å². The zero-order chi connectivity index (χ0) is 20.4. The van der Waals surface area contributed by atoms with Gasteiger partial charge in [0.25, 0.3) is 0 Å². The molecule has 1 N–H and O–H groups in total. The highest BCUT2D eigenvalue weighted by molar-refractivity contribution is 7.15. The number of anilines is 1. The summed E-state index contributed by atoms with van der Waals surface area (Å²) in [7, 11) is 0. The van der Waals surface area contributed by atoms with Crippen LogP contribution in [0.1, 0.15) is 29.5 Å². The van der Waals surface area contributed by atoms with Crippen molar-refractivity contribution in [3.05, 3.63) is 46.2 Å². The Morgan fingerprint density at radius 2 is 2.07 bits per heavy atom. The number of amides is 2. The van der Waals surface area contributed by atoms with Crippen LogP contribution in [0.4, 0.5) is 9.52 Å². The van der Waals surface area contributed by atoms with Gasteiger partial charge < -0.3 is 15.1 Å². The third-order valence-electron chi connectivity index (χ3n) is 5.65. The highest BCUT2D eigenvalue weighted by Gasteiger charge is 2.29. The molecule has 0 radical (unpaired) electrons. The Morgan fingerprint density at radius 3 is 2.79 bits per heavy atom. The van der Waals surface area contributed by atoms with E-state index in [1.54, 1.807) is 24.3 Å². The van der Waals surface area contributed by atoms with Gasteiger partial charge in [0.1, 0.15) is 5.82 Å². The molecule has 2 heterocycles. The lowest BCUT2D eigenvalue weighted by atomic mass is 9.90. The SMILES string of the molecule is CC(=O)N1CCN(c2nc3c(s2)CC(C(=O)NCc2cccc(F)c2)CC3)CC1. The standard InChI is InChI=1S/C21H25FN4O2S/c1-14(27)25-7-9-26(10-8-25)21-24-18-6-5-16(12-19(18)29-21)20(28)23-13-15-3-2-4-17(22)11-15/h2-4,11,16H,5-10,12-13H2,1H3,(H,23,28). The van der Waals surface area contributed by atoms with E-state index in [-0.39, 0.29) is 23.5 Å². The average Bonchev–Trinajstić information content (AvgIpc) is 3.15. The molecule has 1 saturated heterocycles. The third-order valence-corrected chi connectivity index (χ3v) is 6.83. The van der Waals surface area contributed by atoms with Crippen LogP contribution in [-0.4, -0.2) is 47.9 Å². The highest BCUT2D eigenvalue weighted by atomic mass is 32.1. The van der Waals surface area contributed by atoms with Crippen LogP contribution in [0.15, 0.2) is 24.3 Å². The van der Waals surface area contributed by atoms with Crippen LogP contribution in [0, 0.1) is 11.7 Å². The van der Waals surface area contributed by atoms with Crippen molar-refractivity contribution in [2.24, 2.45) is 5.92 Å². The van der Waals surface area contributed by atoms with Crippen LogP contribution in [0.5, 0.6) is 0 Å². The van der Waals surface area contributed by atoms with Crippen molar-refractivity contribution in [3.63, 3.8) is 0 Å². The van der Waals surface area contributed by atoms with Gasteiger partial charge in [0.15, 0.2) is 5.13 Å². The fourth-order valence-corrected chi connectivity index (χ4v) is 5.15. The molecule has 1 aromatic heterocycles. The van der Waals surface area contributed by atoms with Crippen molar-refractivity contribution < 1.29 is 14.0 Å². The molecular weight excluding hydrogens is 391 g/mol. The van der Waals surface area contributed by atoms with Crippen LogP contribution >= 0.6 is 11.3 Å². The molecule has 2 aliphatic rings. The number of aryl methyl sites for hydroxylation is 1. The number of fused-ring (bicyclic) bond motifs is 1. The van der Waals surface area contributed by atoms with Crippen molar-refractivity contribution in [2.45, 2.75) is 32.7 Å². The lowest BCUT2D eigenvalue weighted by Crippen LogP contribution is -2.48. The van der Waals surface area contributed by atoms with Gasteiger partial charge in [0.05, 0.1) is 5.69 Å². The maximum Gasteiger partial charge on any atom is 0.223 e. The smallest absolute Gasteiger partial charge is 0.223 e. The monoisotopic (exact) mass is 416 g/mol. The lowest BCUT2D eigenvalue weighted by molar-refractivity contribution is -0.129. The number of nitrogens with zero attached hydrogens (tertiary/aromatic N) is 3. The number of piperazine rings is 1. The summed E-state index contributed by atoms with van der Waals surface area (Å²) in [5, 5.41) is 3.94. The van der Waals surface area contributed by atoms with Crippen LogP contribution < -0.4 is 10.2 Å². The van der Waals surface area contributed by atoms with Crippen molar-refractivity contribution in [1.82, 2.24) is 15.2 Å². The fraction of sp³-hybridized carbons (Fsp3) is 0.476. The predicted molar refractivity (Wildman–Crippen MR) is 110 cm³/mol. The molecule has 2 amide bonds. The second-order valence-corrected chi connectivity index (χ2v) is 8.71. The molecule has 0 spiro atoms. The van der Waals surface area contributed by atoms with Gasteiger partial charge in [-0.2, -0.15) is 0 Å². The molecule has 1 aliphatic carbocycles. The molecular formula is C21H25FN4O2S. The molecule has 8 heteroatoms. The van der Waals surface area contributed by atoms with Gasteiger partial charge in [-0.1, -0.05) is 12.1 Å². The van der Waals surface area contributed by atoms with E-state index in [1.807, 2.05) is 11.0 Å². The van der Waals surface area contributed by atoms with E-state index in [1.165, 1.54) is 17.0 Å². The van der Waals surface area contributed by atoms with E-state index in [2.05, 4.69) is 10.2 Å². The number of nitrogens with one attached hydrogen (secondary N) is 1. The molecule has 0 saturated carbocycles. The van der Waals surface area contributed by atoms with E-state index in [0.717, 1.165) is 55.4 Å². The first-order valence-corrected chi connectivity index (χ1v) is 10.8. The highest BCUT2D eigenvalue weighted by Crippen LogP contribution is 2.34. The fourth-order valence-electron chi connectivity index (χ4n) is 3.91. The first-order chi connectivity index (χ1) is 14.0. The Morgan fingerprint density at radius 1 is 1.28 bits per heavy atom. The van der Waals surface area contributed by atoms with Gasteiger partial charge in [-0.25, -0.2) is 9.37 Å². The largest absolute Gasteiger partial charge is 0.352 e. The van der Waals surface area contributed by atoms with Crippen LogP contribution in [0.3, 0.4) is 0 Å². The van der Waals surface area contributed by atoms with Gasteiger partial charge >= 0.3 is 0 Å². The van der Waals surface area contributed by atoms with Crippen LogP contribution in [-0.2, 0) is 29.0 Å². The number of carbonyl (C=O) groups excluding carboxylic acids is 2. The third kappa shape index (κ3) is 4.58. The van der Waals surface area contributed by atoms with Crippen molar-refractivity contribution >= 4 is 28.3 Å². The topological polar surface area (TPSA) is 65.5 Å². The Bertz CT molecular complexity index is 908. The summed E-state index contributed by atoms with van der Waals surface area (Å²) in [5.74, 6) is -0.223. The summed E-state index contributed by atoms with van der Waals surface area (Å²) in [5.41, 5.74) is 1.87. The molecule has 4 rings (SSSR count). The number of halogens is 1. The van der Waals surface area contributed by atoms with Crippen molar-refractivity contribution in [3.8, 4) is 0 Å². The quantitative estimate of drug-likeness (QED) is 0.831. The van der Waals surface area contributed by atoms with Crippen LogP contribution in [0.2, 0.25) is 0 Å². The van der Waals surface area contributed by atoms with E-state index in [0.29, 0.717) is 13.0 Å². The van der Waals surface area contributed by atoms with Gasteiger partial charge in [0.2, 0.25) is 11.8 Å². The average molecular weight is 417 g/mol. The molecule has 154 valence electrons. The molecule has 29 heavy (non-hydrogen) atoms. The minimum atomic E-state index is -0.291. The van der Waals surface area contributed by atoms with Crippen molar-refractivity contribution in [1.29, 1.82) is 0 Å².